The maximum atomic E-state index is 13.1. The zero-order chi connectivity index (χ0) is 15.2. The highest BCUT2D eigenvalue weighted by molar-refractivity contribution is 9.10. The summed E-state index contributed by atoms with van der Waals surface area (Å²) in [4.78, 5) is 0. The first-order chi connectivity index (χ1) is 10.0. The second-order valence-electron chi connectivity index (χ2n) is 5.31. The molecule has 0 radical (unpaired) electrons. The predicted molar refractivity (Wildman–Crippen MR) is 83.7 cm³/mol. The molecule has 1 heterocycles. The molecule has 0 atom stereocenters. The van der Waals surface area contributed by atoms with Gasteiger partial charge >= 0.3 is 0 Å². The molecule has 2 aromatic rings. The standard InChI is InChI=1S/C16H19BrFNO2/c1-11(2)7-19-8-12-5-14(20-9-12)10-21-16-6-13(18)3-4-15(16)17/h3-6,9,11,19H,7-8,10H2,1-2H3. The van der Waals surface area contributed by atoms with Crippen molar-refractivity contribution in [3.63, 3.8) is 0 Å². The van der Waals surface area contributed by atoms with Gasteiger partial charge in [-0.3, -0.25) is 0 Å². The van der Waals surface area contributed by atoms with E-state index in [9.17, 15) is 4.39 Å². The van der Waals surface area contributed by atoms with Gasteiger partial charge in [-0.25, -0.2) is 4.39 Å². The van der Waals surface area contributed by atoms with Gasteiger partial charge in [-0.2, -0.15) is 0 Å². The van der Waals surface area contributed by atoms with Crippen LogP contribution in [0.15, 0.2) is 39.4 Å². The normalized spacial score (nSPS) is 11.1. The Morgan fingerprint density at radius 2 is 2.14 bits per heavy atom. The smallest absolute Gasteiger partial charge is 0.146 e. The van der Waals surface area contributed by atoms with Crippen molar-refractivity contribution in [2.75, 3.05) is 6.54 Å². The van der Waals surface area contributed by atoms with E-state index in [-0.39, 0.29) is 12.4 Å². The summed E-state index contributed by atoms with van der Waals surface area (Å²) in [6.45, 7) is 6.34. The third kappa shape index (κ3) is 5.17. The summed E-state index contributed by atoms with van der Waals surface area (Å²) in [6, 6.07) is 6.29. The van der Waals surface area contributed by atoms with Gasteiger partial charge in [0.05, 0.1) is 10.7 Å². The molecule has 0 saturated heterocycles. The SMILES string of the molecule is CC(C)CNCc1coc(COc2cc(F)ccc2Br)c1. The summed E-state index contributed by atoms with van der Waals surface area (Å²) < 4.78 is 24.9. The summed E-state index contributed by atoms with van der Waals surface area (Å²) in [5, 5.41) is 3.35. The van der Waals surface area contributed by atoms with Crippen molar-refractivity contribution in [1.29, 1.82) is 0 Å². The second-order valence-corrected chi connectivity index (χ2v) is 6.16. The fraction of sp³-hybridized carbons (Fsp3) is 0.375. The van der Waals surface area contributed by atoms with E-state index in [1.807, 2.05) is 6.07 Å². The Morgan fingerprint density at radius 1 is 1.33 bits per heavy atom. The fourth-order valence-corrected chi connectivity index (χ4v) is 2.20. The first kappa shape index (κ1) is 16.0. The zero-order valence-corrected chi connectivity index (χ0v) is 13.7. The van der Waals surface area contributed by atoms with E-state index < -0.39 is 0 Å². The van der Waals surface area contributed by atoms with Gasteiger partial charge in [0.1, 0.15) is 23.9 Å². The van der Waals surface area contributed by atoms with Crippen molar-refractivity contribution in [2.45, 2.75) is 27.0 Å². The third-order valence-corrected chi connectivity index (χ3v) is 3.51. The lowest BCUT2D eigenvalue weighted by molar-refractivity contribution is 0.267. The number of nitrogens with one attached hydrogen (secondary N) is 1. The Kier molecular flexibility index (Phi) is 5.82. The molecule has 0 amide bonds. The van der Waals surface area contributed by atoms with Crippen LogP contribution in [-0.2, 0) is 13.2 Å². The van der Waals surface area contributed by atoms with Gasteiger partial charge in [0, 0.05) is 18.2 Å². The molecule has 0 saturated carbocycles. The Labute approximate surface area is 132 Å². The molecule has 21 heavy (non-hydrogen) atoms. The van der Waals surface area contributed by atoms with Crippen LogP contribution >= 0.6 is 15.9 Å². The van der Waals surface area contributed by atoms with E-state index in [2.05, 4.69) is 35.1 Å². The van der Waals surface area contributed by atoms with Gasteiger partial charge in [0.15, 0.2) is 0 Å². The molecule has 3 nitrogen and oxygen atoms in total. The lowest BCUT2D eigenvalue weighted by atomic mass is 10.2. The molecular formula is C16H19BrFNO2. The summed E-state index contributed by atoms with van der Waals surface area (Å²) in [5.74, 6) is 1.47. The van der Waals surface area contributed by atoms with Crippen LogP contribution in [0.4, 0.5) is 4.39 Å². The van der Waals surface area contributed by atoms with E-state index in [0.717, 1.165) is 18.7 Å². The van der Waals surface area contributed by atoms with Crippen LogP contribution in [0.5, 0.6) is 5.75 Å². The summed E-state index contributed by atoms with van der Waals surface area (Å²) in [7, 11) is 0. The van der Waals surface area contributed by atoms with Gasteiger partial charge in [-0.15, -0.1) is 0 Å². The molecule has 114 valence electrons. The summed E-state index contributed by atoms with van der Waals surface area (Å²) in [6.07, 6.45) is 1.71. The maximum absolute atomic E-state index is 13.1. The third-order valence-electron chi connectivity index (χ3n) is 2.85. The number of hydrogen-bond acceptors (Lipinski definition) is 3. The number of benzene rings is 1. The Hall–Kier alpha value is -1.33. The molecule has 0 aliphatic carbocycles. The van der Waals surface area contributed by atoms with Crippen LogP contribution in [0.25, 0.3) is 0 Å². The molecule has 1 N–H and O–H groups in total. The number of ether oxygens (including phenoxy) is 1. The van der Waals surface area contributed by atoms with E-state index in [4.69, 9.17) is 9.15 Å². The molecule has 0 spiro atoms. The van der Waals surface area contributed by atoms with E-state index in [1.54, 1.807) is 12.3 Å². The Bertz CT molecular complexity index is 583. The minimum Gasteiger partial charge on any atom is -0.484 e. The van der Waals surface area contributed by atoms with Crippen molar-refractivity contribution in [3.8, 4) is 5.75 Å². The molecule has 0 aliphatic rings. The van der Waals surface area contributed by atoms with Gasteiger partial charge in [-0.1, -0.05) is 13.8 Å². The van der Waals surface area contributed by atoms with Crippen LogP contribution in [0.2, 0.25) is 0 Å². The minimum atomic E-state index is -0.328. The molecule has 2 rings (SSSR count). The van der Waals surface area contributed by atoms with Crippen LogP contribution in [0.1, 0.15) is 25.2 Å². The monoisotopic (exact) mass is 355 g/mol. The Balaban J connectivity index is 1.86. The predicted octanol–water partition coefficient (Wildman–Crippen LogP) is 4.51. The first-order valence-electron chi connectivity index (χ1n) is 6.89. The molecule has 1 aromatic heterocycles. The Morgan fingerprint density at radius 3 is 2.90 bits per heavy atom. The van der Waals surface area contributed by atoms with E-state index in [0.29, 0.717) is 21.9 Å². The van der Waals surface area contributed by atoms with Crippen molar-refractivity contribution in [3.05, 3.63) is 52.1 Å². The van der Waals surface area contributed by atoms with E-state index in [1.165, 1.54) is 12.1 Å². The molecule has 0 unspecified atom stereocenters. The molecule has 0 bridgehead atoms. The highest BCUT2D eigenvalue weighted by Crippen LogP contribution is 2.26. The molecule has 1 aromatic carbocycles. The highest BCUT2D eigenvalue weighted by atomic mass is 79.9. The van der Waals surface area contributed by atoms with Gasteiger partial charge in [0.2, 0.25) is 0 Å². The molecule has 0 aliphatic heterocycles. The maximum Gasteiger partial charge on any atom is 0.146 e. The number of hydrogen-bond donors (Lipinski definition) is 1. The zero-order valence-electron chi connectivity index (χ0n) is 12.2. The highest BCUT2D eigenvalue weighted by Gasteiger charge is 2.06. The first-order valence-corrected chi connectivity index (χ1v) is 7.68. The van der Waals surface area contributed by atoms with Crippen LogP contribution in [0.3, 0.4) is 0 Å². The number of rotatable bonds is 7. The fourth-order valence-electron chi connectivity index (χ4n) is 1.84. The van der Waals surface area contributed by atoms with Crippen molar-refractivity contribution < 1.29 is 13.5 Å². The van der Waals surface area contributed by atoms with E-state index >= 15 is 0 Å². The summed E-state index contributed by atoms with van der Waals surface area (Å²) in [5.41, 5.74) is 1.08. The lowest BCUT2D eigenvalue weighted by Crippen LogP contribution is -2.18. The molecular weight excluding hydrogens is 337 g/mol. The van der Waals surface area contributed by atoms with Crippen LogP contribution in [0, 0.1) is 11.7 Å². The van der Waals surface area contributed by atoms with Gasteiger partial charge in [-0.05, 0) is 46.6 Å². The lowest BCUT2D eigenvalue weighted by Gasteiger charge is -2.06. The van der Waals surface area contributed by atoms with Crippen molar-refractivity contribution in [2.24, 2.45) is 5.92 Å². The largest absolute Gasteiger partial charge is 0.484 e. The number of halogens is 2. The average molecular weight is 356 g/mol. The number of furan rings is 1. The minimum absolute atomic E-state index is 0.270. The topological polar surface area (TPSA) is 34.4 Å². The van der Waals surface area contributed by atoms with Crippen LogP contribution in [-0.4, -0.2) is 6.54 Å². The average Bonchev–Trinajstić information content (AvgIpc) is 2.87. The van der Waals surface area contributed by atoms with Gasteiger partial charge < -0.3 is 14.5 Å². The second kappa shape index (κ2) is 7.61. The van der Waals surface area contributed by atoms with Crippen LogP contribution < -0.4 is 10.1 Å². The quantitative estimate of drug-likeness (QED) is 0.793. The van der Waals surface area contributed by atoms with Crippen molar-refractivity contribution >= 4 is 15.9 Å². The van der Waals surface area contributed by atoms with Crippen molar-refractivity contribution in [1.82, 2.24) is 5.32 Å². The van der Waals surface area contributed by atoms with Gasteiger partial charge in [0.25, 0.3) is 0 Å². The molecule has 0 fully saturated rings. The summed E-state index contributed by atoms with van der Waals surface area (Å²) >= 11 is 3.32. The molecule has 5 heteroatoms.